The van der Waals surface area contributed by atoms with Crippen molar-refractivity contribution in [2.45, 2.75) is 31.1 Å². The summed E-state index contributed by atoms with van der Waals surface area (Å²) in [6.07, 6.45) is 0.424. The minimum Gasteiger partial charge on any atom is -0.481 e. The smallest absolute Gasteiger partial charge is 0.303 e. The maximum Gasteiger partial charge on any atom is 0.303 e. The van der Waals surface area contributed by atoms with Crippen LogP contribution in [0.15, 0.2) is 146 Å². The predicted octanol–water partition coefficient (Wildman–Crippen LogP) is 12.8. The largest absolute Gasteiger partial charge is 0.481 e. The lowest BCUT2D eigenvalue weighted by Crippen LogP contribution is -2.27. The fourth-order valence-electron chi connectivity index (χ4n) is 10.1. The lowest BCUT2D eigenvalue weighted by atomic mass is 9.70. The third kappa shape index (κ3) is 4.58. The predicted molar refractivity (Wildman–Crippen MR) is 225 cm³/mol. The van der Waals surface area contributed by atoms with Gasteiger partial charge in [0.25, 0.3) is 0 Å². The van der Waals surface area contributed by atoms with Crippen molar-refractivity contribution in [2.75, 3.05) is 0 Å². The van der Waals surface area contributed by atoms with E-state index in [1.165, 1.54) is 53.9 Å². The maximum atomic E-state index is 12.3. The monoisotopic (exact) mass is 710 g/mol. The van der Waals surface area contributed by atoms with Crippen LogP contribution in [0, 0.1) is 0 Å². The second-order valence-corrected chi connectivity index (χ2v) is 15.3. The van der Waals surface area contributed by atoms with Crippen molar-refractivity contribution in [3.63, 3.8) is 0 Å². The molecule has 0 unspecified atom stereocenters. The molecule has 55 heavy (non-hydrogen) atoms. The number of aliphatic carboxylic acids is 2. The van der Waals surface area contributed by atoms with Crippen LogP contribution >= 0.6 is 0 Å². The summed E-state index contributed by atoms with van der Waals surface area (Å²) in [7, 11) is 0. The van der Waals surface area contributed by atoms with Gasteiger partial charge in [0.1, 0.15) is 0 Å². The molecule has 4 nitrogen and oxygen atoms in total. The highest BCUT2D eigenvalue weighted by Gasteiger charge is 2.44. The molecule has 0 heterocycles. The molecule has 0 spiro atoms. The molecule has 10 aromatic rings. The van der Waals surface area contributed by atoms with E-state index >= 15 is 0 Å². The average molecular weight is 711 g/mol. The van der Waals surface area contributed by atoms with Crippen LogP contribution in [0.1, 0.15) is 36.8 Å². The number of benzene rings is 10. The van der Waals surface area contributed by atoms with E-state index in [1.54, 1.807) is 0 Å². The summed E-state index contributed by atoms with van der Waals surface area (Å²) in [5.41, 5.74) is 7.53. The summed E-state index contributed by atoms with van der Waals surface area (Å²) in [6.45, 7) is 0. The van der Waals surface area contributed by atoms with Crippen molar-refractivity contribution in [1.29, 1.82) is 0 Å². The normalized spacial score (nSPS) is 13.5. The zero-order valence-corrected chi connectivity index (χ0v) is 29.9. The van der Waals surface area contributed by atoms with E-state index in [1.807, 2.05) is 0 Å². The summed E-state index contributed by atoms with van der Waals surface area (Å²) in [4.78, 5) is 24.7. The fraction of sp³-hybridized carbons (Fsp3) is 0.0980. The zero-order chi connectivity index (χ0) is 37.0. The molecule has 0 bridgehead atoms. The van der Waals surface area contributed by atoms with Crippen LogP contribution in [0.3, 0.4) is 0 Å². The summed E-state index contributed by atoms with van der Waals surface area (Å²) in [5.74, 6) is -1.79. The molecule has 0 saturated carbocycles. The van der Waals surface area contributed by atoms with Crippen LogP contribution in [0.25, 0.3) is 98.0 Å². The van der Waals surface area contributed by atoms with E-state index < -0.39 is 17.4 Å². The number of carboxylic acids is 2. The highest BCUT2D eigenvalue weighted by molar-refractivity contribution is 6.26. The van der Waals surface area contributed by atoms with Crippen molar-refractivity contribution < 1.29 is 19.8 Å². The van der Waals surface area contributed by atoms with Gasteiger partial charge in [-0.15, -0.1) is 0 Å². The first-order valence-electron chi connectivity index (χ1n) is 18.9. The van der Waals surface area contributed by atoms with Gasteiger partial charge in [-0.3, -0.25) is 9.59 Å². The van der Waals surface area contributed by atoms with Gasteiger partial charge in [0, 0.05) is 18.3 Å². The van der Waals surface area contributed by atoms with Gasteiger partial charge in [0.2, 0.25) is 0 Å². The van der Waals surface area contributed by atoms with Crippen molar-refractivity contribution >= 4 is 76.6 Å². The number of carbonyl (C=O) groups is 2. The molecule has 262 valence electrons. The highest BCUT2D eigenvalue weighted by Crippen LogP contribution is 2.56. The zero-order valence-electron chi connectivity index (χ0n) is 29.9. The molecule has 1 aliphatic rings. The molecule has 10 aromatic carbocycles. The molecule has 0 radical (unpaired) electrons. The van der Waals surface area contributed by atoms with E-state index in [2.05, 4.69) is 146 Å². The van der Waals surface area contributed by atoms with E-state index in [9.17, 15) is 19.8 Å². The summed E-state index contributed by atoms with van der Waals surface area (Å²) < 4.78 is 0. The van der Waals surface area contributed by atoms with Gasteiger partial charge < -0.3 is 10.2 Å². The van der Waals surface area contributed by atoms with Crippen LogP contribution < -0.4 is 0 Å². The number of carboxylic acid groups (broad SMARTS) is 2. The van der Waals surface area contributed by atoms with E-state index in [-0.39, 0.29) is 12.8 Å². The van der Waals surface area contributed by atoms with Gasteiger partial charge in [-0.05, 0) is 134 Å². The van der Waals surface area contributed by atoms with Gasteiger partial charge in [-0.25, -0.2) is 0 Å². The molecule has 1 aliphatic carbocycles. The Morgan fingerprint density at radius 2 is 0.745 bits per heavy atom. The quantitative estimate of drug-likeness (QED) is 0.154. The lowest BCUT2D eigenvalue weighted by molar-refractivity contribution is -0.137. The number of rotatable bonds is 8. The van der Waals surface area contributed by atoms with Crippen molar-refractivity contribution in [3.8, 4) is 33.4 Å². The van der Waals surface area contributed by atoms with Crippen LogP contribution in [-0.4, -0.2) is 22.2 Å². The van der Waals surface area contributed by atoms with Gasteiger partial charge in [0.15, 0.2) is 0 Å². The topological polar surface area (TPSA) is 74.6 Å². The third-order valence-electron chi connectivity index (χ3n) is 12.6. The van der Waals surface area contributed by atoms with Crippen LogP contribution in [-0.2, 0) is 15.0 Å². The van der Waals surface area contributed by atoms with Gasteiger partial charge in [-0.2, -0.15) is 0 Å². The second kappa shape index (κ2) is 11.6. The molecule has 0 fully saturated rings. The molecular weight excluding hydrogens is 677 g/mol. The third-order valence-corrected chi connectivity index (χ3v) is 12.6. The number of fused-ring (bicyclic) bond motifs is 3. The Balaban J connectivity index is 1.13. The van der Waals surface area contributed by atoms with Crippen LogP contribution in [0.5, 0.6) is 0 Å². The Labute approximate surface area is 316 Å². The minimum absolute atomic E-state index is 0.0790. The van der Waals surface area contributed by atoms with Gasteiger partial charge in [-0.1, -0.05) is 133 Å². The Bertz CT molecular complexity index is 2980. The Kier molecular flexibility index (Phi) is 6.69. The number of hydrogen-bond acceptors (Lipinski definition) is 2. The first-order valence-corrected chi connectivity index (χ1v) is 18.9. The van der Waals surface area contributed by atoms with Crippen molar-refractivity contribution in [2.24, 2.45) is 0 Å². The Hall–Kier alpha value is -6.78. The summed E-state index contributed by atoms with van der Waals surface area (Å²) in [5, 5.41) is 34.7. The lowest BCUT2D eigenvalue weighted by Gasteiger charge is -2.32. The molecule has 0 amide bonds. The standard InChI is InChI=1S/C51H34O4/c52-45(53)23-25-51(26-24-46(54)55)43-27-35(37-17-11-33-9-7-29-3-1-5-31-13-21-41(37)49(33)47(29)31)15-19-39(43)40-20-16-36(28-44(40)51)38-18-12-34-10-8-30-4-2-6-32-14-22-42(38)50(34)48(30)32/h1-22,27-28H,23-26H2,(H,52,53)(H,54,55). The van der Waals surface area contributed by atoms with Crippen LogP contribution in [0.2, 0.25) is 0 Å². The van der Waals surface area contributed by atoms with E-state index in [0.717, 1.165) is 55.3 Å². The minimum atomic E-state index is -0.893. The first kappa shape index (κ1) is 31.7. The molecule has 0 aromatic heterocycles. The van der Waals surface area contributed by atoms with Gasteiger partial charge >= 0.3 is 11.9 Å². The van der Waals surface area contributed by atoms with E-state index in [4.69, 9.17) is 0 Å². The maximum absolute atomic E-state index is 12.3. The van der Waals surface area contributed by atoms with Crippen LogP contribution in [0.4, 0.5) is 0 Å². The summed E-state index contributed by atoms with van der Waals surface area (Å²) >= 11 is 0. The molecule has 4 heteroatoms. The van der Waals surface area contributed by atoms with Crippen molar-refractivity contribution in [1.82, 2.24) is 0 Å². The SMILES string of the molecule is O=C(O)CCC1(CCC(=O)O)c2cc(-c3ccc4ccc5cccc6ccc3c4c56)ccc2-c2ccc(-c3ccc4ccc5cccc6ccc3c4c56)cc21. The molecule has 0 saturated heterocycles. The van der Waals surface area contributed by atoms with E-state index in [0.29, 0.717) is 12.8 Å². The van der Waals surface area contributed by atoms with Gasteiger partial charge in [0.05, 0.1) is 0 Å². The molecule has 0 atom stereocenters. The second-order valence-electron chi connectivity index (χ2n) is 15.3. The first-order chi connectivity index (χ1) is 26.9. The van der Waals surface area contributed by atoms with Crippen molar-refractivity contribution in [3.05, 3.63) is 157 Å². The molecule has 0 aliphatic heterocycles. The Morgan fingerprint density at radius 1 is 0.400 bits per heavy atom. The highest BCUT2D eigenvalue weighted by atomic mass is 16.4. The Morgan fingerprint density at radius 3 is 1.15 bits per heavy atom. The molecular formula is C51H34O4. The summed E-state index contributed by atoms with van der Waals surface area (Å²) in [6, 6.07) is 52.3. The fourth-order valence-corrected chi connectivity index (χ4v) is 10.1. The number of hydrogen-bond donors (Lipinski definition) is 2. The molecule has 2 N–H and O–H groups in total. The molecule has 11 rings (SSSR count). The average Bonchev–Trinajstić information content (AvgIpc) is 3.48.